The van der Waals surface area contributed by atoms with E-state index in [1.165, 1.54) is 49.7 Å². The van der Waals surface area contributed by atoms with Crippen LogP contribution < -0.4 is 5.32 Å². The van der Waals surface area contributed by atoms with Crippen molar-refractivity contribution in [3.05, 3.63) is 71.8 Å². The molecule has 10 nitrogen and oxygen atoms in total. The highest BCUT2D eigenvalue weighted by Crippen LogP contribution is 2.68. The Bertz CT molecular complexity index is 1880. The third-order valence-electron chi connectivity index (χ3n) is 19.3. The first-order valence-electron chi connectivity index (χ1n) is 25.5. The first-order chi connectivity index (χ1) is 30.9. The standard InChI is InChI=1S/C54H76N2O8/c1-36(44-21-22-45-50-46(25-27-53(44,45)3)52(2)26-24-42(57)31-39(52)32-47(50)58)18-23-48(59)55-28-12-17-49(60)62-35-63-54(37-13-6-4-7-14-37,38-15-8-5-9-16-38)51(61)64-43-33-40-19-20-41(34-43)56(40)29-10-11-30-56/h4-9,13-16,36,39-47,50,57-58H,10-12,17-35H2,1-3H3/p+1/t36-,39+,40?,41?,42-,43?,44-,45+,46+,47-,50+,52+,53-/m1/s1. The van der Waals surface area contributed by atoms with E-state index in [2.05, 4.69) is 26.1 Å². The van der Waals surface area contributed by atoms with E-state index in [-0.39, 0.29) is 41.5 Å². The van der Waals surface area contributed by atoms with E-state index in [1.54, 1.807) is 0 Å². The lowest BCUT2D eigenvalue weighted by Gasteiger charge is -2.62. The summed E-state index contributed by atoms with van der Waals surface area (Å²) in [5.74, 6) is 1.80. The smallest absolute Gasteiger partial charge is 0.348 e. The second-order valence-electron chi connectivity index (χ2n) is 22.3. The largest absolute Gasteiger partial charge is 0.459 e. The van der Waals surface area contributed by atoms with Gasteiger partial charge in [-0.1, -0.05) is 81.4 Å². The molecule has 7 aliphatic rings. The Morgan fingerprint density at radius 3 is 2.11 bits per heavy atom. The van der Waals surface area contributed by atoms with Gasteiger partial charge in [-0.25, -0.2) is 4.79 Å². The number of carbonyl (C=O) groups is 3. The van der Waals surface area contributed by atoms with Crippen LogP contribution in [0.4, 0.5) is 0 Å². The quantitative estimate of drug-likeness (QED) is 0.0702. The molecule has 1 amide bonds. The Balaban J connectivity index is 0.746. The average molecular weight is 882 g/mol. The van der Waals surface area contributed by atoms with Crippen LogP contribution in [-0.2, 0) is 34.2 Å². The fourth-order valence-corrected chi connectivity index (χ4v) is 16.1. The zero-order valence-corrected chi connectivity index (χ0v) is 39.0. The molecular formula is C54H77N2O8+. The van der Waals surface area contributed by atoms with Crippen molar-refractivity contribution in [2.24, 2.45) is 46.3 Å². The molecule has 2 aromatic carbocycles. The topological polar surface area (TPSA) is 131 Å². The maximum absolute atomic E-state index is 14.7. The number of amides is 1. The van der Waals surface area contributed by atoms with Gasteiger partial charge in [0, 0.05) is 57.9 Å². The van der Waals surface area contributed by atoms with Crippen LogP contribution in [0.5, 0.6) is 0 Å². The van der Waals surface area contributed by atoms with Gasteiger partial charge < -0.3 is 34.2 Å². The van der Waals surface area contributed by atoms with E-state index >= 15 is 0 Å². The number of ether oxygens (including phenoxy) is 3. The highest BCUT2D eigenvalue weighted by atomic mass is 16.7. The highest BCUT2D eigenvalue weighted by molar-refractivity contribution is 5.86. The molecule has 4 saturated carbocycles. The summed E-state index contributed by atoms with van der Waals surface area (Å²) in [6, 6.07) is 19.9. The Hall–Kier alpha value is -3.31. The molecule has 12 atom stereocenters. The zero-order valence-electron chi connectivity index (χ0n) is 39.0. The first-order valence-corrected chi connectivity index (χ1v) is 25.5. The average Bonchev–Trinajstić information content (AvgIpc) is 3.97. The summed E-state index contributed by atoms with van der Waals surface area (Å²) in [5.41, 5.74) is 0.00371. The van der Waals surface area contributed by atoms with E-state index in [1.807, 2.05) is 60.7 Å². The second-order valence-corrected chi connectivity index (χ2v) is 22.3. The van der Waals surface area contributed by atoms with E-state index in [0.29, 0.717) is 78.1 Å². The molecule has 10 heteroatoms. The van der Waals surface area contributed by atoms with Gasteiger partial charge in [-0.2, -0.15) is 0 Å². The molecule has 3 aliphatic heterocycles. The van der Waals surface area contributed by atoms with Gasteiger partial charge >= 0.3 is 11.9 Å². The first kappa shape index (κ1) is 45.8. The highest BCUT2D eigenvalue weighted by Gasteiger charge is 2.63. The SMILES string of the molecule is C[C@H](CCC(=O)NCCCC(=O)OCOC(C(=O)OC1CC2CCC(C1)[N+]21CCCC1)(c1ccccc1)c1ccccc1)[C@H]1CC[C@H]2[C@@H]3[C@H](O)C[C@@H]4C[C@H](O)CC[C@]4(C)[C@H]3CC[C@]12C. The summed E-state index contributed by atoms with van der Waals surface area (Å²) >= 11 is 0. The Labute approximate surface area is 382 Å². The molecule has 3 heterocycles. The minimum atomic E-state index is -1.63. The van der Waals surface area contributed by atoms with Crippen LogP contribution in [0, 0.1) is 46.3 Å². The number of rotatable bonds is 15. The molecular weight excluding hydrogens is 805 g/mol. The molecule has 4 aliphatic carbocycles. The zero-order chi connectivity index (χ0) is 44.7. The van der Waals surface area contributed by atoms with Crippen LogP contribution in [0.3, 0.4) is 0 Å². The van der Waals surface area contributed by atoms with Gasteiger partial charge in [0.05, 0.1) is 37.4 Å². The number of aliphatic hydroxyl groups excluding tert-OH is 2. The van der Waals surface area contributed by atoms with E-state index in [4.69, 9.17) is 14.2 Å². The van der Waals surface area contributed by atoms with Crippen LogP contribution in [0.25, 0.3) is 0 Å². The number of esters is 2. The van der Waals surface area contributed by atoms with Crippen molar-refractivity contribution >= 4 is 17.8 Å². The van der Waals surface area contributed by atoms with E-state index in [0.717, 1.165) is 64.2 Å². The predicted octanol–water partition coefficient (Wildman–Crippen LogP) is 8.60. The van der Waals surface area contributed by atoms with E-state index in [9.17, 15) is 24.6 Å². The summed E-state index contributed by atoms with van der Waals surface area (Å²) in [5, 5.41) is 25.1. The summed E-state index contributed by atoms with van der Waals surface area (Å²) < 4.78 is 19.8. The Morgan fingerprint density at radius 1 is 0.797 bits per heavy atom. The molecule has 3 saturated heterocycles. The molecule has 3 N–H and O–H groups in total. The van der Waals surface area contributed by atoms with Crippen LogP contribution in [0.2, 0.25) is 0 Å². The minimum Gasteiger partial charge on any atom is -0.459 e. The molecule has 1 spiro atoms. The predicted molar refractivity (Wildman–Crippen MR) is 244 cm³/mol. The fourth-order valence-electron chi connectivity index (χ4n) is 16.1. The number of quaternary nitrogens is 1. The number of benzene rings is 2. The van der Waals surface area contributed by atoms with Crippen LogP contribution in [0.15, 0.2) is 60.7 Å². The summed E-state index contributed by atoms with van der Waals surface area (Å²) in [6.45, 7) is 9.71. The molecule has 0 radical (unpaired) electrons. The van der Waals surface area contributed by atoms with Crippen molar-refractivity contribution in [1.82, 2.24) is 5.32 Å². The van der Waals surface area contributed by atoms with Crippen molar-refractivity contribution in [3.8, 4) is 0 Å². The third kappa shape index (κ3) is 8.38. The molecule has 350 valence electrons. The Morgan fingerprint density at radius 2 is 1.44 bits per heavy atom. The lowest BCUT2D eigenvalue weighted by atomic mass is 9.43. The molecule has 2 aromatic rings. The number of nitrogens with zero attached hydrogens (tertiary/aromatic N) is 1. The van der Waals surface area contributed by atoms with Gasteiger partial charge in [0.15, 0.2) is 6.79 Å². The van der Waals surface area contributed by atoms with Crippen molar-refractivity contribution in [2.75, 3.05) is 26.4 Å². The monoisotopic (exact) mass is 882 g/mol. The molecule has 64 heavy (non-hydrogen) atoms. The lowest BCUT2D eigenvalue weighted by Crippen LogP contribution is -2.60. The van der Waals surface area contributed by atoms with Crippen molar-refractivity contribution in [2.45, 2.75) is 172 Å². The number of carbonyl (C=O) groups excluding carboxylic acids is 3. The molecule has 0 aromatic heterocycles. The van der Waals surface area contributed by atoms with Gasteiger partial charge in [0.1, 0.15) is 6.10 Å². The van der Waals surface area contributed by atoms with Crippen molar-refractivity contribution in [1.29, 1.82) is 0 Å². The maximum atomic E-state index is 14.7. The maximum Gasteiger partial charge on any atom is 0.348 e. The van der Waals surface area contributed by atoms with Crippen LogP contribution in [-0.4, -0.2) is 89.4 Å². The van der Waals surface area contributed by atoms with Crippen LogP contribution in [0.1, 0.15) is 147 Å². The molecule has 2 bridgehead atoms. The summed E-state index contributed by atoms with van der Waals surface area (Å²) in [6.07, 6.45) is 16.1. The normalized spacial score (nSPS) is 36.6. The number of hydrogen-bond acceptors (Lipinski definition) is 8. The van der Waals surface area contributed by atoms with Gasteiger partial charge in [-0.05, 0) is 122 Å². The number of fused-ring (bicyclic) bond motifs is 5. The van der Waals surface area contributed by atoms with Gasteiger partial charge in [-0.3, -0.25) is 9.59 Å². The molecule has 7 fully saturated rings. The van der Waals surface area contributed by atoms with E-state index < -0.39 is 24.3 Å². The lowest BCUT2D eigenvalue weighted by molar-refractivity contribution is -0.956. The molecule has 9 rings (SSSR count). The minimum absolute atomic E-state index is 0.00506. The third-order valence-corrected chi connectivity index (χ3v) is 19.3. The van der Waals surface area contributed by atoms with Crippen molar-refractivity contribution < 1.29 is 43.3 Å². The summed E-state index contributed by atoms with van der Waals surface area (Å²) in [7, 11) is 0. The van der Waals surface area contributed by atoms with Gasteiger partial charge in [-0.15, -0.1) is 0 Å². The number of nitrogens with one attached hydrogen (secondary N) is 1. The van der Waals surface area contributed by atoms with Crippen LogP contribution >= 0.6 is 0 Å². The number of hydrogen-bond donors (Lipinski definition) is 3. The fraction of sp³-hybridized carbons (Fsp3) is 0.722. The number of aliphatic hydroxyl groups is 2. The van der Waals surface area contributed by atoms with Gasteiger partial charge in [0.25, 0.3) is 0 Å². The Kier molecular flexibility index (Phi) is 13.4. The summed E-state index contributed by atoms with van der Waals surface area (Å²) in [4.78, 5) is 40.9. The van der Waals surface area contributed by atoms with Crippen molar-refractivity contribution in [3.63, 3.8) is 0 Å². The van der Waals surface area contributed by atoms with Gasteiger partial charge in [0.2, 0.25) is 11.5 Å². The second kappa shape index (κ2) is 18.8. The number of piperidine rings is 1. The molecule has 2 unspecified atom stereocenters.